The summed E-state index contributed by atoms with van der Waals surface area (Å²) in [4.78, 5) is 0. The van der Waals surface area contributed by atoms with E-state index in [1.807, 2.05) is 12.1 Å². The Balaban J connectivity index is 1.61. The van der Waals surface area contributed by atoms with E-state index in [0.29, 0.717) is 11.5 Å². The predicted octanol–water partition coefficient (Wildman–Crippen LogP) is 6.93. The van der Waals surface area contributed by atoms with Gasteiger partial charge in [0, 0.05) is 0 Å². The van der Waals surface area contributed by atoms with Crippen molar-refractivity contribution in [1.82, 2.24) is 0 Å². The molecule has 0 aliphatic heterocycles. The van der Waals surface area contributed by atoms with Gasteiger partial charge in [-0.15, -0.1) is 6.58 Å². The summed E-state index contributed by atoms with van der Waals surface area (Å²) in [5, 5.41) is 8.78. The van der Waals surface area contributed by atoms with Gasteiger partial charge >= 0.3 is 6.11 Å². The molecule has 0 aromatic heterocycles. The molecule has 0 radical (unpaired) electrons. The molecule has 1 fully saturated rings. The maximum absolute atomic E-state index is 14.5. The van der Waals surface area contributed by atoms with Crippen LogP contribution < -0.4 is 4.74 Å². The lowest BCUT2D eigenvalue weighted by atomic mass is 9.77. The Bertz CT molecular complexity index is 813. The van der Waals surface area contributed by atoms with Gasteiger partial charge in [0.25, 0.3) is 0 Å². The van der Waals surface area contributed by atoms with E-state index >= 15 is 0 Å². The summed E-state index contributed by atoms with van der Waals surface area (Å²) < 4.78 is 33.8. The molecule has 0 heterocycles. The number of nitrogens with zero attached hydrogens (tertiary/aromatic N) is 1. The van der Waals surface area contributed by atoms with Crippen molar-refractivity contribution in [3.8, 4) is 11.8 Å². The third kappa shape index (κ3) is 4.98. The SMILES string of the molecule is C=CCC[C@H]1CC[C@H](c2ccc(C(F)(F)Oc3ccc(C#N)cc3)cc2)CC1. The lowest BCUT2D eigenvalue weighted by Gasteiger charge is -2.29. The van der Waals surface area contributed by atoms with Crippen molar-refractivity contribution < 1.29 is 13.5 Å². The molecule has 1 saturated carbocycles. The molecule has 2 aromatic rings. The second-order valence-electron chi connectivity index (χ2n) is 7.46. The minimum atomic E-state index is -3.42. The van der Waals surface area contributed by atoms with Crippen molar-refractivity contribution in [2.75, 3.05) is 0 Å². The smallest absolute Gasteiger partial charge is 0.426 e. The molecule has 0 N–H and O–H groups in total. The number of hydrogen-bond donors (Lipinski definition) is 0. The molecule has 0 spiro atoms. The van der Waals surface area contributed by atoms with Gasteiger partial charge in [0.2, 0.25) is 0 Å². The Morgan fingerprint density at radius 3 is 2.25 bits per heavy atom. The maximum Gasteiger partial charge on any atom is 0.426 e. The third-order valence-corrected chi connectivity index (χ3v) is 5.57. The van der Waals surface area contributed by atoms with Crippen LogP contribution in [0.5, 0.6) is 5.75 Å². The Kier molecular flexibility index (Phi) is 6.46. The lowest BCUT2D eigenvalue weighted by molar-refractivity contribution is -0.185. The monoisotopic (exact) mass is 381 g/mol. The molecule has 2 aromatic carbocycles. The molecule has 146 valence electrons. The maximum atomic E-state index is 14.5. The topological polar surface area (TPSA) is 33.0 Å². The molecule has 28 heavy (non-hydrogen) atoms. The molecule has 1 aliphatic rings. The zero-order chi connectivity index (χ0) is 20.0. The minimum Gasteiger partial charge on any atom is -0.429 e. The predicted molar refractivity (Wildman–Crippen MR) is 106 cm³/mol. The molecule has 0 amide bonds. The zero-order valence-corrected chi connectivity index (χ0v) is 15.9. The largest absolute Gasteiger partial charge is 0.429 e. The average molecular weight is 381 g/mol. The summed E-state index contributed by atoms with van der Waals surface area (Å²) in [5.41, 5.74) is 1.36. The fourth-order valence-corrected chi connectivity index (χ4v) is 3.89. The second-order valence-corrected chi connectivity index (χ2v) is 7.46. The molecular weight excluding hydrogens is 356 g/mol. The van der Waals surface area contributed by atoms with Crippen molar-refractivity contribution in [3.05, 3.63) is 77.9 Å². The van der Waals surface area contributed by atoms with Gasteiger partial charge in [-0.05, 0) is 92.3 Å². The van der Waals surface area contributed by atoms with Gasteiger partial charge < -0.3 is 4.74 Å². The highest BCUT2D eigenvalue weighted by molar-refractivity contribution is 5.35. The number of hydrogen-bond acceptors (Lipinski definition) is 2. The van der Waals surface area contributed by atoms with Crippen LogP contribution in [0.1, 0.15) is 61.1 Å². The van der Waals surface area contributed by atoms with E-state index in [4.69, 9.17) is 10.00 Å². The first-order chi connectivity index (χ1) is 13.5. The van der Waals surface area contributed by atoms with E-state index in [9.17, 15) is 8.78 Å². The Morgan fingerprint density at radius 2 is 1.68 bits per heavy atom. The fraction of sp³-hybridized carbons (Fsp3) is 0.375. The van der Waals surface area contributed by atoms with Crippen LogP contribution in [0.4, 0.5) is 8.78 Å². The van der Waals surface area contributed by atoms with E-state index in [1.54, 1.807) is 12.1 Å². The van der Waals surface area contributed by atoms with Crippen molar-refractivity contribution in [1.29, 1.82) is 5.26 Å². The van der Waals surface area contributed by atoms with Crippen LogP contribution in [-0.2, 0) is 6.11 Å². The van der Waals surface area contributed by atoms with Crippen LogP contribution in [0.2, 0.25) is 0 Å². The molecule has 0 unspecified atom stereocenters. The number of halogens is 2. The standard InChI is InChI=1S/C24H25F2NO/c1-2-3-4-18-5-9-20(10-6-18)21-11-13-22(14-12-21)24(25,26)28-23-15-7-19(17-27)8-16-23/h2,7-8,11-16,18,20H,1,3-6,9-10H2/t18-,20-. The van der Waals surface area contributed by atoms with Crippen LogP contribution in [0.15, 0.2) is 61.2 Å². The van der Waals surface area contributed by atoms with E-state index in [1.165, 1.54) is 55.7 Å². The zero-order valence-electron chi connectivity index (χ0n) is 15.9. The normalized spacial score (nSPS) is 19.6. The molecule has 3 rings (SSSR count). The van der Waals surface area contributed by atoms with E-state index in [0.717, 1.165) is 30.7 Å². The first-order valence-electron chi connectivity index (χ1n) is 9.80. The summed E-state index contributed by atoms with van der Waals surface area (Å²) in [5.74, 6) is 1.24. The molecule has 0 saturated heterocycles. The van der Waals surface area contributed by atoms with Gasteiger partial charge in [0.05, 0.1) is 17.2 Å². The number of allylic oxidation sites excluding steroid dienone is 1. The van der Waals surface area contributed by atoms with Crippen molar-refractivity contribution >= 4 is 0 Å². The first-order valence-corrected chi connectivity index (χ1v) is 9.80. The number of alkyl halides is 2. The third-order valence-electron chi connectivity index (χ3n) is 5.57. The summed E-state index contributed by atoms with van der Waals surface area (Å²) in [6, 6.07) is 14.2. The summed E-state index contributed by atoms with van der Waals surface area (Å²) in [6.07, 6.45) is 5.43. The van der Waals surface area contributed by atoms with Crippen LogP contribution in [-0.4, -0.2) is 0 Å². The van der Waals surface area contributed by atoms with E-state index in [-0.39, 0.29) is 11.3 Å². The molecule has 1 aliphatic carbocycles. The van der Waals surface area contributed by atoms with Crippen molar-refractivity contribution in [3.63, 3.8) is 0 Å². The highest BCUT2D eigenvalue weighted by Crippen LogP contribution is 2.39. The fourth-order valence-electron chi connectivity index (χ4n) is 3.89. The number of benzene rings is 2. The highest BCUT2D eigenvalue weighted by atomic mass is 19.3. The number of rotatable bonds is 7. The minimum absolute atomic E-state index is 0.0333. The molecule has 0 bridgehead atoms. The van der Waals surface area contributed by atoms with E-state index < -0.39 is 6.11 Å². The average Bonchev–Trinajstić information content (AvgIpc) is 2.73. The lowest BCUT2D eigenvalue weighted by Crippen LogP contribution is -2.22. The number of nitriles is 1. The van der Waals surface area contributed by atoms with Gasteiger partial charge in [-0.3, -0.25) is 0 Å². The Morgan fingerprint density at radius 1 is 1.04 bits per heavy atom. The van der Waals surface area contributed by atoms with Crippen LogP contribution in [0.25, 0.3) is 0 Å². The molecule has 2 nitrogen and oxygen atoms in total. The summed E-state index contributed by atoms with van der Waals surface area (Å²) in [7, 11) is 0. The van der Waals surface area contributed by atoms with Gasteiger partial charge in [0.15, 0.2) is 0 Å². The van der Waals surface area contributed by atoms with E-state index in [2.05, 4.69) is 6.58 Å². The van der Waals surface area contributed by atoms with Crippen LogP contribution in [0.3, 0.4) is 0 Å². The van der Waals surface area contributed by atoms with Gasteiger partial charge in [0.1, 0.15) is 5.75 Å². The van der Waals surface area contributed by atoms with Crippen LogP contribution >= 0.6 is 0 Å². The van der Waals surface area contributed by atoms with Crippen molar-refractivity contribution in [2.45, 2.75) is 50.6 Å². The van der Waals surface area contributed by atoms with Crippen molar-refractivity contribution in [2.24, 2.45) is 5.92 Å². The summed E-state index contributed by atoms with van der Waals surface area (Å²) >= 11 is 0. The second kappa shape index (κ2) is 9.01. The number of ether oxygens (including phenoxy) is 1. The summed E-state index contributed by atoms with van der Waals surface area (Å²) in [6.45, 7) is 3.79. The Labute approximate surface area is 165 Å². The first kappa shape index (κ1) is 20.1. The molecule has 4 heteroatoms. The quantitative estimate of drug-likeness (QED) is 0.487. The van der Waals surface area contributed by atoms with Gasteiger partial charge in [-0.25, -0.2) is 0 Å². The highest BCUT2D eigenvalue weighted by Gasteiger charge is 2.34. The van der Waals surface area contributed by atoms with Crippen LogP contribution in [0, 0.1) is 17.2 Å². The molecule has 0 atom stereocenters. The Hall–Kier alpha value is -2.67. The van der Waals surface area contributed by atoms with Gasteiger partial charge in [-0.2, -0.15) is 14.0 Å². The molecular formula is C24H25F2NO. The van der Waals surface area contributed by atoms with Gasteiger partial charge in [-0.1, -0.05) is 18.2 Å².